The monoisotopic (exact) mass is 292 g/mol. The van der Waals surface area contributed by atoms with Gasteiger partial charge in [-0.1, -0.05) is 19.9 Å². The smallest absolute Gasteiger partial charge is 0.303 e. The van der Waals surface area contributed by atoms with Crippen LogP contribution in [-0.4, -0.2) is 28.5 Å². The molecule has 116 valence electrons. The summed E-state index contributed by atoms with van der Waals surface area (Å²) < 4.78 is 0. The normalized spacial score (nSPS) is 12.2. The third-order valence-electron chi connectivity index (χ3n) is 3.30. The van der Waals surface area contributed by atoms with Crippen LogP contribution >= 0.6 is 0 Å². The Morgan fingerprint density at radius 2 is 2.10 bits per heavy atom. The van der Waals surface area contributed by atoms with Crippen molar-refractivity contribution in [1.82, 2.24) is 10.3 Å². The average Bonchev–Trinajstić information content (AvgIpc) is 2.37. The Labute approximate surface area is 125 Å². The molecule has 21 heavy (non-hydrogen) atoms. The molecule has 1 aromatic rings. The van der Waals surface area contributed by atoms with Gasteiger partial charge in [0, 0.05) is 19.2 Å². The third kappa shape index (κ3) is 6.88. The summed E-state index contributed by atoms with van der Waals surface area (Å²) >= 11 is 0. The minimum absolute atomic E-state index is 0.0312. The van der Waals surface area contributed by atoms with Crippen molar-refractivity contribution in [2.75, 3.05) is 6.54 Å². The molecule has 1 amide bonds. The largest absolute Gasteiger partial charge is 0.481 e. The van der Waals surface area contributed by atoms with Crippen LogP contribution in [0.15, 0.2) is 18.3 Å². The van der Waals surface area contributed by atoms with Crippen molar-refractivity contribution in [2.24, 2.45) is 11.8 Å². The third-order valence-corrected chi connectivity index (χ3v) is 3.30. The molecule has 1 aromatic heterocycles. The second-order valence-corrected chi connectivity index (χ2v) is 5.84. The number of nitrogens with zero attached hydrogens (tertiary/aromatic N) is 1. The number of carboxylic acid groups (broad SMARTS) is 1. The number of carboxylic acids is 1. The molecule has 1 rings (SSSR count). The van der Waals surface area contributed by atoms with Gasteiger partial charge in [-0.15, -0.1) is 0 Å². The van der Waals surface area contributed by atoms with Crippen molar-refractivity contribution in [3.8, 4) is 0 Å². The Kier molecular flexibility index (Phi) is 6.85. The second-order valence-electron chi connectivity index (χ2n) is 5.84. The summed E-state index contributed by atoms with van der Waals surface area (Å²) in [6.07, 6.45) is 2.77. The van der Waals surface area contributed by atoms with Crippen LogP contribution in [0.5, 0.6) is 0 Å². The highest BCUT2D eigenvalue weighted by molar-refractivity contribution is 5.78. The molecule has 0 aliphatic rings. The first-order valence-electron chi connectivity index (χ1n) is 7.27. The van der Waals surface area contributed by atoms with Gasteiger partial charge in [0.05, 0.1) is 12.1 Å². The van der Waals surface area contributed by atoms with Crippen LogP contribution in [0.3, 0.4) is 0 Å². The number of amides is 1. The van der Waals surface area contributed by atoms with Crippen molar-refractivity contribution in [2.45, 2.75) is 40.0 Å². The molecule has 0 aromatic carbocycles. The quantitative estimate of drug-likeness (QED) is 0.769. The van der Waals surface area contributed by atoms with Crippen molar-refractivity contribution in [1.29, 1.82) is 0 Å². The van der Waals surface area contributed by atoms with Gasteiger partial charge in [-0.3, -0.25) is 14.6 Å². The Morgan fingerprint density at radius 3 is 2.67 bits per heavy atom. The van der Waals surface area contributed by atoms with Crippen LogP contribution in [0.1, 0.15) is 37.9 Å². The molecule has 0 aliphatic heterocycles. The zero-order valence-electron chi connectivity index (χ0n) is 12.9. The van der Waals surface area contributed by atoms with Crippen LogP contribution in [0.25, 0.3) is 0 Å². The summed E-state index contributed by atoms with van der Waals surface area (Å²) in [5, 5.41) is 11.7. The maximum atomic E-state index is 11.9. The molecule has 0 radical (unpaired) electrons. The number of hydrogen-bond donors (Lipinski definition) is 2. The minimum Gasteiger partial charge on any atom is -0.481 e. The zero-order valence-corrected chi connectivity index (χ0v) is 12.9. The van der Waals surface area contributed by atoms with E-state index in [-0.39, 0.29) is 24.7 Å². The summed E-state index contributed by atoms with van der Waals surface area (Å²) in [4.78, 5) is 27.0. The standard InChI is InChI=1S/C16H24N2O3/c1-11(2)7-13(8-16(20)21)10-18-15(19)9-14-12(3)5-4-6-17-14/h4-6,11,13H,7-10H2,1-3H3,(H,18,19)(H,20,21). The molecule has 0 saturated heterocycles. The number of pyridine rings is 1. The highest BCUT2D eigenvalue weighted by atomic mass is 16.4. The van der Waals surface area contributed by atoms with E-state index < -0.39 is 5.97 Å². The number of rotatable bonds is 8. The Bertz CT molecular complexity index is 486. The SMILES string of the molecule is Cc1cccnc1CC(=O)NCC(CC(=O)O)CC(C)C. The lowest BCUT2D eigenvalue weighted by Crippen LogP contribution is -2.32. The van der Waals surface area contributed by atoms with Crippen molar-refractivity contribution < 1.29 is 14.7 Å². The van der Waals surface area contributed by atoms with Gasteiger partial charge < -0.3 is 10.4 Å². The molecule has 0 spiro atoms. The van der Waals surface area contributed by atoms with E-state index in [9.17, 15) is 9.59 Å². The summed E-state index contributed by atoms with van der Waals surface area (Å²) in [6, 6.07) is 3.75. The van der Waals surface area contributed by atoms with Gasteiger partial charge in [0.25, 0.3) is 0 Å². The summed E-state index contributed by atoms with van der Waals surface area (Å²) in [7, 11) is 0. The first-order valence-corrected chi connectivity index (χ1v) is 7.27. The molecule has 1 unspecified atom stereocenters. The lowest BCUT2D eigenvalue weighted by atomic mass is 9.94. The van der Waals surface area contributed by atoms with Crippen LogP contribution in [0, 0.1) is 18.8 Å². The molecule has 0 aliphatic carbocycles. The van der Waals surface area contributed by atoms with Crippen LogP contribution in [-0.2, 0) is 16.0 Å². The lowest BCUT2D eigenvalue weighted by Gasteiger charge is -2.17. The number of nitrogens with one attached hydrogen (secondary N) is 1. The molecular formula is C16H24N2O3. The molecule has 1 heterocycles. The molecule has 1 atom stereocenters. The van der Waals surface area contributed by atoms with Crippen molar-refractivity contribution in [3.63, 3.8) is 0 Å². The van der Waals surface area contributed by atoms with E-state index in [0.717, 1.165) is 17.7 Å². The van der Waals surface area contributed by atoms with Crippen molar-refractivity contribution >= 4 is 11.9 Å². The predicted molar refractivity (Wildman–Crippen MR) is 80.9 cm³/mol. The maximum absolute atomic E-state index is 11.9. The number of carbonyl (C=O) groups excluding carboxylic acids is 1. The summed E-state index contributed by atoms with van der Waals surface area (Å²) in [5.41, 5.74) is 1.74. The van der Waals surface area contributed by atoms with Gasteiger partial charge in [-0.05, 0) is 36.8 Å². The van der Waals surface area contributed by atoms with Gasteiger partial charge in [-0.2, -0.15) is 0 Å². The number of hydrogen-bond acceptors (Lipinski definition) is 3. The first-order chi connectivity index (χ1) is 9.88. The maximum Gasteiger partial charge on any atom is 0.303 e. The second kappa shape index (κ2) is 8.39. The van der Waals surface area contributed by atoms with Crippen LogP contribution in [0.2, 0.25) is 0 Å². The number of carbonyl (C=O) groups is 2. The predicted octanol–water partition coefficient (Wildman–Crippen LogP) is 2.19. The fourth-order valence-corrected chi connectivity index (χ4v) is 2.33. The Balaban J connectivity index is 2.49. The number of aryl methyl sites for hydroxylation is 1. The average molecular weight is 292 g/mol. The van der Waals surface area contributed by atoms with Gasteiger partial charge in [-0.25, -0.2) is 0 Å². The molecule has 5 nitrogen and oxygen atoms in total. The first kappa shape index (κ1) is 17.1. The molecule has 5 heteroatoms. The number of aromatic nitrogens is 1. The highest BCUT2D eigenvalue weighted by Gasteiger charge is 2.16. The van der Waals surface area contributed by atoms with Gasteiger partial charge in [0.15, 0.2) is 0 Å². The molecule has 2 N–H and O–H groups in total. The van der Waals surface area contributed by atoms with Gasteiger partial charge >= 0.3 is 5.97 Å². The van der Waals surface area contributed by atoms with E-state index in [1.54, 1.807) is 6.20 Å². The van der Waals surface area contributed by atoms with Crippen LogP contribution in [0.4, 0.5) is 0 Å². The van der Waals surface area contributed by atoms with Crippen LogP contribution < -0.4 is 5.32 Å². The summed E-state index contributed by atoms with van der Waals surface area (Å²) in [6.45, 7) is 6.42. The zero-order chi connectivity index (χ0) is 15.8. The molecule has 0 bridgehead atoms. The van der Waals surface area contributed by atoms with E-state index >= 15 is 0 Å². The minimum atomic E-state index is -0.824. The van der Waals surface area contributed by atoms with E-state index in [1.807, 2.05) is 32.9 Å². The molecule has 0 saturated carbocycles. The van der Waals surface area contributed by atoms with E-state index in [0.29, 0.717) is 12.5 Å². The van der Waals surface area contributed by atoms with Crippen molar-refractivity contribution in [3.05, 3.63) is 29.6 Å². The van der Waals surface area contributed by atoms with E-state index in [2.05, 4.69) is 10.3 Å². The molecular weight excluding hydrogens is 268 g/mol. The topological polar surface area (TPSA) is 79.3 Å². The lowest BCUT2D eigenvalue weighted by molar-refractivity contribution is -0.138. The van der Waals surface area contributed by atoms with Gasteiger partial charge in [0.1, 0.15) is 0 Å². The number of aliphatic carboxylic acids is 1. The fraction of sp³-hybridized carbons (Fsp3) is 0.562. The van der Waals surface area contributed by atoms with Gasteiger partial charge in [0.2, 0.25) is 5.91 Å². The highest BCUT2D eigenvalue weighted by Crippen LogP contribution is 2.14. The Hall–Kier alpha value is -1.91. The van der Waals surface area contributed by atoms with E-state index in [4.69, 9.17) is 5.11 Å². The summed E-state index contributed by atoms with van der Waals surface area (Å²) in [5.74, 6) is -0.563. The molecule has 0 fully saturated rings. The Morgan fingerprint density at radius 1 is 1.38 bits per heavy atom. The fourth-order valence-electron chi connectivity index (χ4n) is 2.33. The van der Waals surface area contributed by atoms with E-state index in [1.165, 1.54) is 0 Å².